The van der Waals surface area contributed by atoms with Crippen LogP contribution in [0.4, 0.5) is 5.69 Å². The van der Waals surface area contributed by atoms with Crippen LogP contribution in [-0.2, 0) is 0 Å². The highest BCUT2D eigenvalue weighted by Gasteiger charge is 2.09. The first-order valence-electron chi connectivity index (χ1n) is 4.90. The standard InChI is InChI=1S/C6H3Br2NO2.C6H4Br2/c7-4-1-2-6(9(10)11)5(8)3-4;7-5-2-1-3-6(8)4-5/h1-3H;1-4H. The van der Waals surface area contributed by atoms with E-state index in [0.717, 1.165) is 13.4 Å². The number of rotatable bonds is 1. The number of halogens is 4. The van der Waals surface area contributed by atoms with E-state index in [2.05, 4.69) is 63.7 Å². The molecule has 0 amide bonds. The third-order valence-corrected chi connectivity index (χ3v) is 4.01. The van der Waals surface area contributed by atoms with E-state index in [4.69, 9.17) is 0 Å². The summed E-state index contributed by atoms with van der Waals surface area (Å²) in [5.41, 5.74) is 0.0770. The molecular formula is C12H7Br4NO2. The molecule has 0 fully saturated rings. The number of hydrogen-bond acceptors (Lipinski definition) is 2. The molecule has 0 aliphatic carbocycles. The van der Waals surface area contributed by atoms with Crippen LogP contribution in [0.5, 0.6) is 0 Å². The fraction of sp³-hybridized carbons (Fsp3) is 0. The molecule has 0 aromatic heterocycles. The van der Waals surface area contributed by atoms with E-state index >= 15 is 0 Å². The van der Waals surface area contributed by atoms with Crippen molar-refractivity contribution in [1.82, 2.24) is 0 Å². The van der Waals surface area contributed by atoms with Gasteiger partial charge in [0.05, 0.1) is 9.40 Å². The van der Waals surface area contributed by atoms with E-state index < -0.39 is 4.92 Å². The van der Waals surface area contributed by atoms with Crippen molar-refractivity contribution in [2.45, 2.75) is 0 Å². The Morgan fingerprint density at radius 1 is 0.842 bits per heavy atom. The van der Waals surface area contributed by atoms with Gasteiger partial charge in [-0.3, -0.25) is 10.1 Å². The fourth-order valence-electron chi connectivity index (χ4n) is 1.09. The molecule has 0 unspecified atom stereocenters. The van der Waals surface area contributed by atoms with E-state index in [-0.39, 0.29) is 5.69 Å². The lowest BCUT2D eigenvalue weighted by Gasteiger charge is -1.94. The highest BCUT2D eigenvalue weighted by Crippen LogP contribution is 2.27. The Labute approximate surface area is 144 Å². The van der Waals surface area contributed by atoms with Gasteiger partial charge in [0.2, 0.25) is 0 Å². The molecule has 100 valence electrons. The summed E-state index contributed by atoms with van der Waals surface area (Å²) >= 11 is 12.9. The van der Waals surface area contributed by atoms with Crippen molar-refractivity contribution in [3.05, 3.63) is 70.5 Å². The van der Waals surface area contributed by atoms with Gasteiger partial charge in [-0.25, -0.2) is 0 Å². The van der Waals surface area contributed by atoms with Gasteiger partial charge in [-0.2, -0.15) is 0 Å². The lowest BCUT2D eigenvalue weighted by atomic mass is 10.3. The summed E-state index contributed by atoms with van der Waals surface area (Å²) in [5, 5.41) is 10.3. The molecule has 0 aliphatic rings. The van der Waals surface area contributed by atoms with Crippen molar-refractivity contribution < 1.29 is 4.92 Å². The van der Waals surface area contributed by atoms with Crippen molar-refractivity contribution in [2.75, 3.05) is 0 Å². The lowest BCUT2D eigenvalue weighted by molar-refractivity contribution is -0.385. The third kappa shape index (κ3) is 6.16. The zero-order chi connectivity index (χ0) is 14.4. The second-order valence-electron chi connectivity index (χ2n) is 3.29. The van der Waals surface area contributed by atoms with Gasteiger partial charge in [0, 0.05) is 19.5 Å². The van der Waals surface area contributed by atoms with Crippen molar-refractivity contribution in [1.29, 1.82) is 0 Å². The minimum absolute atomic E-state index is 0.0770. The zero-order valence-corrected chi connectivity index (χ0v) is 15.7. The lowest BCUT2D eigenvalue weighted by Crippen LogP contribution is -1.88. The van der Waals surface area contributed by atoms with E-state index in [9.17, 15) is 10.1 Å². The van der Waals surface area contributed by atoms with Gasteiger partial charge in [-0.1, -0.05) is 53.9 Å². The molecule has 19 heavy (non-hydrogen) atoms. The first-order chi connectivity index (χ1) is 8.90. The minimum Gasteiger partial charge on any atom is -0.258 e. The molecule has 3 nitrogen and oxygen atoms in total. The van der Waals surface area contributed by atoms with Crippen LogP contribution in [-0.4, -0.2) is 4.92 Å². The SMILES string of the molecule is Brc1cccc(Br)c1.O=[N+]([O-])c1ccc(Br)cc1Br. The Kier molecular flexibility index (Phi) is 7.20. The van der Waals surface area contributed by atoms with E-state index in [1.807, 2.05) is 24.3 Å². The highest BCUT2D eigenvalue weighted by molar-refractivity contribution is 9.11. The predicted molar refractivity (Wildman–Crippen MR) is 90.3 cm³/mol. The van der Waals surface area contributed by atoms with E-state index in [1.165, 1.54) is 6.07 Å². The van der Waals surface area contributed by atoms with Crippen molar-refractivity contribution in [2.24, 2.45) is 0 Å². The number of nitrogens with zero attached hydrogens (tertiary/aromatic N) is 1. The second kappa shape index (κ2) is 8.14. The third-order valence-electron chi connectivity index (χ3n) is 1.89. The zero-order valence-electron chi connectivity index (χ0n) is 9.32. The molecule has 2 rings (SSSR count). The van der Waals surface area contributed by atoms with Crippen LogP contribution in [0.2, 0.25) is 0 Å². The molecule has 0 atom stereocenters. The minimum atomic E-state index is -0.434. The maximum atomic E-state index is 10.3. The maximum absolute atomic E-state index is 10.3. The van der Waals surface area contributed by atoms with Crippen LogP contribution in [0.15, 0.2) is 60.4 Å². The largest absolute Gasteiger partial charge is 0.283 e. The molecule has 0 bridgehead atoms. The maximum Gasteiger partial charge on any atom is 0.283 e. The highest BCUT2D eigenvalue weighted by atomic mass is 79.9. The summed E-state index contributed by atoms with van der Waals surface area (Å²) in [6.45, 7) is 0. The molecule has 0 saturated carbocycles. The molecular weight excluding hydrogens is 510 g/mol. The monoisotopic (exact) mass is 513 g/mol. The van der Waals surface area contributed by atoms with Gasteiger partial charge in [0.15, 0.2) is 0 Å². The molecule has 7 heteroatoms. The Bertz CT molecular complexity index is 572. The Morgan fingerprint density at radius 3 is 1.74 bits per heavy atom. The van der Waals surface area contributed by atoms with Crippen LogP contribution in [0, 0.1) is 10.1 Å². The molecule has 0 aliphatic heterocycles. The van der Waals surface area contributed by atoms with Gasteiger partial charge >= 0.3 is 0 Å². The second-order valence-corrected chi connectivity index (χ2v) is 6.89. The van der Waals surface area contributed by atoms with Crippen molar-refractivity contribution >= 4 is 69.4 Å². The molecule has 0 heterocycles. The van der Waals surface area contributed by atoms with E-state index in [1.54, 1.807) is 12.1 Å². The summed E-state index contributed by atoms with van der Waals surface area (Å²) < 4.78 is 3.51. The van der Waals surface area contributed by atoms with Crippen molar-refractivity contribution in [3.8, 4) is 0 Å². The van der Waals surface area contributed by atoms with Crippen LogP contribution < -0.4 is 0 Å². The normalized spacial score (nSPS) is 9.47. The van der Waals surface area contributed by atoms with Gasteiger partial charge < -0.3 is 0 Å². The number of nitro groups is 1. The molecule has 2 aromatic carbocycles. The molecule has 2 aromatic rings. The van der Waals surface area contributed by atoms with Crippen molar-refractivity contribution in [3.63, 3.8) is 0 Å². The smallest absolute Gasteiger partial charge is 0.258 e. The number of hydrogen-bond donors (Lipinski definition) is 0. The van der Waals surface area contributed by atoms with Gasteiger partial charge in [-0.05, 0) is 46.3 Å². The summed E-state index contributed by atoms with van der Waals surface area (Å²) in [4.78, 5) is 9.86. The molecule has 0 N–H and O–H groups in total. The van der Waals surface area contributed by atoms with Crippen LogP contribution >= 0.6 is 63.7 Å². The Balaban J connectivity index is 0.000000200. The predicted octanol–water partition coefficient (Wildman–Crippen LogP) is 6.33. The summed E-state index contributed by atoms with van der Waals surface area (Å²) in [7, 11) is 0. The first-order valence-corrected chi connectivity index (χ1v) is 8.08. The van der Waals surface area contributed by atoms with Gasteiger partial charge in [-0.15, -0.1) is 0 Å². The first kappa shape index (κ1) is 16.8. The van der Waals surface area contributed by atoms with Gasteiger partial charge in [0.1, 0.15) is 0 Å². The average Bonchev–Trinajstić information content (AvgIpc) is 2.28. The quantitative estimate of drug-likeness (QED) is 0.328. The van der Waals surface area contributed by atoms with Crippen LogP contribution in [0.25, 0.3) is 0 Å². The van der Waals surface area contributed by atoms with E-state index in [0.29, 0.717) is 4.47 Å². The van der Waals surface area contributed by atoms with Gasteiger partial charge in [0.25, 0.3) is 5.69 Å². The van der Waals surface area contributed by atoms with Crippen LogP contribution in [0.3, 0.4) is 0 Å². The average molecular weight is 517 g/mol. The molecule has 0 radical (unpaired) electrons. The number of nitro benzene ring substituents is 1. The molecule has 0 spiro atoms. The Morgan fingerprint density at radius 2 is 1.37 bits per heavy atom. The fourth-order valence-corrected chi connectivity index (χ4v) is 3.39. The van der Waals surface area contributed by atoms with Crippen LogP contribution in [0.1, 0.15) is 0 Å². The summed E-state index contributed by atoms with van der Waals surface area (Å²) in [6.07, 6.45) is 0. The number of benzene rings is 2. The topological polar surface area (TPSA) is 43.1 Å². The molecule has 0 saturated heterocycles. The summed E-state index contributed by atoms with van der Waals surface area (Å²) in [6, 6.07) is 12.7. The Hall–Kier alpha value is -0.240. The summed E-state index contributed by atoms with van der Waals surface area (Å²) in [5.74, 6) is 0.